The predicted octanol–water partition coefficient (Wildman–Crippen LogP) is 5.62. The van der Waals surface area contributed by atoms with Crippen LogP contribution >= 0.6 is 11.6 Å². The minimum absolute atomic E-state index is 0.0936. The first-order valence-electron chi connectivity index (χ1n) is 17.0. The van der Waals surface area contributed by atoms with Crippen molar-refractivity contribution in [2.45, 2.75) is 75.5 Å². The van der Waals surface area contributed by atoms with Crippen molar-refractivity contribution in [2.75, 3.05) is 23.0 Å². The second-order valence-corrected chi connectivity index (χ2v) is 18.5. The van der Waals surface area contributed by atoms with Gasteiger partial charge in [0.25, 0.3) is 5.91 Å². The van der Waals surface area contributed by atoms with E-state index in [0.717, 1.165) is 41.0 Å². The number of amides is 2. The summed E-state index contributed by atoms with van der Waals surface area (Å²) >= 11 is 6.57. The number of aliphatic hydroxyl groups excluding tert-OH is 1. The number of rotatable bonds is 10. The lowest BCUT2D eigenvalue weighted by Gasteiger charge is -2.32. The lowest BCUT2D eigenvalue weighted by molar-refractivity contribution is -0.146. The number of hydrogen-bond donors (Lipinski definition) is 2. The molecule has 0 aliphatic carbocycles. The van der Waals surface area contributed by atoms with Crippen LogP contribution in [0.3, 0.4) is 0 Å². The van der Waals surface area contributed by atoms with E-state index < -0.39 is 20.0 Å². The number of benzene rings is 3. The van der Waals surface area contributed by atoms with Crippen molar-refractivity contribution >= 4 is 43.1 Å². The molecule has 1 spiro atoms. The summed E-state index contributed by atoms with van der Waals surface area (Å²) in [5, 5.41) is 19.4. The molecule has 1 unspecified atom stereocenters. The number of aromatic nitrogens is 3. The molecule has 2 N–H and O–H groups in total. The third-order valence-electron chi connectivity index (χ3n) is 10.5. The Hall–Kier alpha value is -3.87. The average Bonchev–Trinajstić information content (AvgIpc) is 3.84. The molecule has 2 saturated heterocycles. The van der Waals surface area contributed by atoms with E-state index in [1.807, 2.05) is 92.9 Å². The summed E-state index contributed by atoms with van der Waals surface area (Å²) in [6, 6.07) is 23.0. The third-order valence-corrected chi connectivity index (χ3v) is 13.3. The van der Waals surface area contributed by atoms with E-state index in [1.165, 1.54) is 0 Å². The Kier molecular flexibility index (Phi) is 8.99. The van der Waals surface area contributed by atoms with Gasteiger partial charge in [0.05, 0.1) is 36.6 Å². The molecular weight excluding hydrogens is 658 g/mol. The number of carbonyl (C=O) groups is 2. The van der Waals surface area contributed by atoms with Gasteiger partial charge in [-0.1, -0.05) is 66.2 Å². The molecule has 4 aromatic rings. The van der Waals surface area contributed by atoms with E-state index >= 15 is 0 Å². The van der Waals surface area contributed by atoms with Crippen LogP contribution in [-0.2, 0) is 33.0 Å². The van der Waals surface area contributed by atoms with Gasteiger partial charge < -0.3 is 24.4 Å². The Balaban J connectivity index is 1.15. The van der Waals surface area contributed by atoms with Crippen LogP contribution in [0.4, 0.5) is 11.4 Å². The van der Waals surface area contributed by atoms with Gasteiger partial charge >= 0.3 is 0 Å². The average molecular weight is 700 g/mol. The minimum atomic E-state index is -2.87. The molecule has 12 heteroatoms. The Labute approximate surface area is 292 Å². The molecule has 2 fully saturated rings. The number of carbonyl (C=O) groups excluding carboxylic acids is 2. The van der Waals surface area contributed by atoms with Crippen LogP contribution in [0.2, 0.25) is 23.7 Å². The molecule has 3 aliphatic heterocycles. The van der Waals surface area contributed by atoms with Crippen molar-refractivity contribution in [2.24, 2.45) is 5.92 Å². The molecule has 1 aromatic heterocycles. The number of aryl methyl sites for hydroxylation is 1. The van der Waals surface area contributed by atoms with Crippen molar-refractivity contribution < 1.29 is 24.2 Å². The summed E-state index contributed by atoms with van der Waals surface area (Å²) in [7, 11) is -2.87. The van der Waals surface area contributed by atoms with Crippen LogP contribution in [0.25, 0.3) is 0 Å². The summed E-state index contributed by atoms with van der Waals surface area (Å²) in [5.41, 5.74) is 3.32. The number of fused-ring (bicyclic) bond motifs is 2. The lowest BCUT2D eigenvalue weighted by atomic mass is 9.82. The van der Waals surface area contributed by atoms with Crippen LogP contribution in [0.15, 0.2) is 79.0 Å². The first kappa shape index (κ1) is 33.6. The highest BCUT2D eigenvalue weighted by atomic mass is 35.5. The van der Waals surface area contributed by atoms with E-state index in [2.05, 4.69) is 10.3 Å². The molecule has 49 heavy (non-hydrogen) atoms. The van der Waals surface area contributed by atoms with Crippen molar-refractivity contribution in [3.8, 4) is 0 Å². The molecule has 4 heterocycles. The van der Waals surface area contributed by atoms with Gasteiger partial charge in [0.1, 0.15) is 0 Å². The van der Waals surface area contributed by atoms with Gasteiger partial charge in [-0.3, -0.25) is 14.3 Å². The molecule has 0 radical (unpaired) electrons. The van der Waals surface area contributed by atoms with Crippen LogP contribution in [-0.4, -0.2) is 64.3 Å². The molecular formula is C37H42ClN5O5Si. The zero-order valence-electron chi connectivity index (χ0n) is 28.0. The van der Waals surface area contributed by atoms with E-state index in [1.54, 1.807) is 20.5 Å². The van der Waals surface area contributed by atoms with Gasteiger partial charge in [-0.05, 0) is 67.4 Å². The number of halogens is 1. The van der Waals surface area contributed by atoms with Crippen LogP contribution in [0.5, 0.6) is 0 Å². The molecule has 256 valence electrons. The summed E-state index contributed by atoms with van der Waals surface area (Å²) in [6.45, 7) is 7.24. The summed E-state index contributed by atoms with van der Waals surface area (Å²) in [6.07, 6.45) is 3.35. The molecule has 2 amide bonds. The van der Waals surface area contributed by atoms with Gasteiger partial charge in [-0.25, -0.2) is 0 Å². The number of ether oxygens (including phenoxy) is 1. The number of anilines is 2. The van der Waals surface area contributed by atoms with Crippen molar-refractivity contribution in [1.82, 2.24) is 15.0 Å². The number of nitrogens with zero attached hydrogens (tertiary/aromatic N) is 5. The van der Waals surface area contributed by atoms with E-state index in [4.69, 9.17) is 16.3 Å². The Bertz CT molecular complexity index is 1850. The monoisotopic (exact) mass is 699 g/mol. The summed E-state index contributed by atoms with van der Waals surface area (Å²) in [4.78, 5) is 42.3. The second kappa shape index (κ2) is 13.1. The fraction of sp³-hybridized carbons (Fsp3) is 0.405. The topological polar surface area (TPSA) is 121 Å². The van der Waals surface area contributed by atoms with Crippen LogP contribution in [0.1, 0.15) is 54.5 Å². The first-order valence-corrected chi connectivity index (χ1v) is 20.4. The van der Waals surface area contributed by atoms with Crippen LogP contribution in [0, 0.1) is 5.92 Å². The quantitative estimate of drug-likeness (QED) is 0.206. The van der Waals surface area contributed by atoms with Gasteiger partial charge in [0.2, 0.25) is 5.91 Å². The van der Waals surface area contributed by atoms with Crippen molar-refractivity contribution in [3.63, 3.8) is 0 Å². The SMILES string of the molecule is C[C@H]1[C@H]([Si](C)(C)O)[C@@H](CCn2cc(C(CO)c3ccccc3)nn2)O[C@]12C(=O)N(Cc1ccc(N3CCCC3=O)cc1)c1ccc(Cl)cc12. The highest BCUT2D eigenvalue weighted by Gasteiger charge is 2.66. The third kappa shape index (κ3) is 6.01. The molecule has 0 saturated carbocycles. The molecule has 3 aliphatic rings. The number of aliphatic hydroxyl groups is 1. The normalized spacial score (nSPS) is 24.3. The van der Waals surface area contributed by atoms with Crippen molar-refractivity contribution in [3.05, 3.63) is 106 Å². The highest BCUT2D eigenvalue weighted by Crippen LogP contribution is 2.60. The lowest BCUT2D eigenvalue weighted by Crippen LogP contribution is -2.46. The fourth-order valence-corrected chi connectivity index (χ4v) is 11.0. The van der Waals surface area contributed by atoms with Gasteiger partial charge in [0.15, 0.2) is 13.9 Å². The van der Waals surface area contributed by atoms with Gasteiger partial charge in [0, 0.05) is 53.4 Å². The largest absolute Gasteiger partial charge is 0.432 e. The molecule has 5 atom stereocenters. The molecule has 10 nitrogen and oxygen atoms in total. The Morgan fingerprint density at radius 3 is 2.51 bits per heavy atom. The zero-order valence-corrected chi connectivity index (χ0v) is 29.8. The maximum atomic E-state index is 14.8. The van der Waals surface area contributed by atoms with Crippen molar-refractivity contribution in [1.29, 1.82) is 0 Å². The number of hydrogen-bond acceptors (Lipinski definition) is 7. The zero-order chi connectivity index (χ0) is 34.5. The fourth-order valence-electron chi connectivity index (χ4n) is 8.26. The highest BCUT2D eigenvalue weighted by molar-refractivity contribution is 6.71. The molecule has 3 aromatic carbocycles. The summed E-state index contributed by atoms with van der Waals surface area (Å²) in [5.74, 6) is -0.656. The minimum Gasteiger partial charge on any atom is -0.432 e. The van der Waals surface area contributed by atoms with Crippen LogP contribution < -0.4 is 9.80 Å². The second-order valence-electron chi connectivity index (χ2n) is 14.1. The van der Waals surface area contributed by atoms with Gasteiger partial charge in [-0.15, -0.1) is 5.10 Å². The van der Waals surface area contributed by atoms with Gasteiger partial charge in [-0.2, -0.15) is 0 Å². The van der Waals surface area contributed by atoms with E-state index in [9.17, 15) is 19.5 Å². The summed E-state index contributed by atoms with van der Waals surface area (Å²) < 4.78 is 8.71. The Morgan fingerprint density at radius 2 is 1.84 bits per heavy atom. The molecule has 7 rings (SSSR count). The van der Waals surface area contributed by atoms with E-state index in [0.29, 0.717) is 36.6 Å². The Morgan fingerprint density at radius 1 is 1.08 bits per heavy atom. The molecule has 0 bridgehead atoms. The van der Waals surface area contributed by atoms with E-state index in [-0.39, 0.29) is 35.8 Å². The maximum absolute atomic E-state index is 14.8. The first-order chi connectivity index (χ1) is 23.5. The predicted molar refractivity (Wildman–Crippen MR) is 190 cm³/mol. The maximum Gasteiger partial charge on any atom is 0.264 e. The smallest absolute Gasteiger partial charge is 0.264 e. The standard InChI is InChI=1S/C37H42ClN5O5Si/c1-24-35(49(2,3)47)33(17-19-41-22-31(39-40-41)29(23-44)26-8-5-4-6-9-26)48-37(24)30-20-27(38)13-16-32(30)43(36(37)46)21-25-11-14-28(15-12-25)42-18-7-10-34(42)45/h4-6,8-9,11-16,20,22,24,29,33,35,44,47H,7,10,17-19,21,23H2,1-3H3/t24-,29?,33+,35-,37+/m0/s1.